The second kappa shape index (κ2) is 9.11. The largest absolute Gasteiger partial charge is 0.365 e. The summed E-state index contributed by atoms with van der Waals surface area (Å²) in [5, 5.41) is 4.58. The van der Waals surface area contributed by atoms with Gasteiger partial charge in [-0.15, -0.1) is 0 Å². The Kier molecular flexibility index (Phi) is 6.22. The molecule has 2 heterocycles. The molecule has 2 N–H and O–H groups in total. The molecule has 34 heavy (non-hydrogen) atoms. The fourth-order valence-electron chi connectivity index (χ4n) is 4.08. The van der Waals surface area contributed by atoms with E-state index >= 15 is 0 Å². The summed E-state index contributed by atoms with van der Waals surface area (Å²) in [7, 11) is -3.23. The lowest BCUT2D eigenvalue weighted by molar-refractivity contribution is -0.132. The minimum absolute atomic E-state index is 0.102. The van der Waals surface area contributed by atoms with E-state index in [0.717, 1.165) is 11.8 Å². The Morgan fingerprint density at radius 1 is 1.12 bits per heavy atom. The molecular weight excluding hydrogens is 454 g/mol. The van der Waals surface area contributed by atoms with Crippen molar-refractivity contribution in [1.82, 2.24) is 14.7 Å². The maximum Gasteiger partial charge on any atom is 0.252 e. The van der Waals surface area contributed by atoms with Crippen molar-refractivity contribution in [3.63, 3.8) is 0 Å². The van der Waals surface area contributed by atoms with Gasteiger partial charge in [0.1, 0.15) is 5.69 Å². The fraction of sp³-hybridized carbons (Fsp3) is 0.250. The van der Waals surface area contributed by atoms with Crippen molar-refractivity contribution < 1.29 is 18.0 Å². The highest BCUT2D eigenvalue weighted by Crippen LogP contribution is 2.29. The standard InChI is InChI=1S/C24H23N5O4S/c1-26-19-8-6-16(7-9-19)13-21(30)28-10-11-29-20(14-28)22(24(25)31)23(27-29)18-5-3-4-17(12-18)15-34(2,32)33/h3-9,12H,10-11,13-15H2,2H3,(H2,25,31). The van der Waals surface area contributed by atoms with Gasteiger partial charge in [0.25, 0.3) is 5.91 Å². The first-order valence-electron chi connectivity index (χ1n) is 10.6. The van der Waals surface area contributed by atoms with Gasteiger partial charge in [0.15, 0.2) is 15.5 Å². The summed E-state index contributed by atoms with van der Waals surface area (Å²) in [6, 6.07) is 13.7. The number of amides is 2. The predicted molar refractivity (Wildman–Crippen MR) is 127 cm³/mol. The zero-order valence-corrected chi connectivity index (χ0v) is 19.4. The topological polar surface area (TPSA) is 120 Å². The summed E-state index contributed by atoms with van der Waals surface area (Å²) in [5.74, 6) is -0.886. The molecule has 2 aromatic carbocycles. The van der Waals surface area contributed by atoms with Gasteiger partial charge in [-0.1, -0.05) is 42.5 Å². The molecule has 1 aliphatic heterocycles. The second-order valence-electron chi connectivity index (χ2n) is 8.30. The molecule has 0 spiro atoms. The first-order chi connectivity index (χ1) is 16.1. The summed E-state index contributed by atoms with van der Waals surface area (Å²) >= 11 is 0. The van der Waals surface area contributed by atoms with E-state index in [1.807, 2.05) is 0 Å². The molecule has 0 atom stereocenters. The van der Waals surface area contributed by atoms with Gasteiger partial charge in [0, 0.05) is 18.4 Å². The zero-order valence-electron chi connectivity index (χ0n) is 18.6. The molecule has 0 unspecified atom stereocenters. The maximum absolute atomic E-state index is 12.9. The zero-order chi connectivity index (χ0) is 24.5. The molecular formula is C24H23N5O4S. The molecule has 3 aromatic rings. The summed E-state index contributed by atoms with van der Waals surface area (Å²) in [4.78, 5) is 30.4. The van der Waals surface area contributed by atoms with Crippen molar-refractivity contribution in [3.05, 3.63) is 82.3 Å². The van der Waals surface area contributed by atoms with Crippen LogP contribution < -0.4 is 5.73 Å². The molecule has 10 heteroatoms. The van der Waals surface area contributed by atoms with Crippen molar-refractivity contribution in [3.8, 4) is 11.3 Å². The van der Waals surface area contributed by atoms with Crippen LogP contribution in [0.2, 0.25) is 0 Å². The molecule has 0 fully saturated rings. The monoisotopic (exact) mass is 477 g/mol. The first-order valence-corrected chi connectivity index (χ1v) is 12.6. The molecule has 174 valence electrons. The van der Waals surface area contributed by atoms with Crippen LogP contribution >= 0.6 is 0 Å². The molecule has 0 aliphatic carbocycles. The predicted octanol–water partition coefficient (Wildman–Crippen LogP) is 2.33. The number of nitrogens with two attached hydrogens (primary N) is 1. The molecule has 1 aliphatic rings. The number of primary amides is 1. The van der Waals surface area contributed by atoms with Crippen LogP contribution in [0, 0.1) is 6.57 Å². The molecule has 1 aromatic heterocycles. The number of fused-ring (bicyclic) bond motifs is 1. The normalized spacial score (nSPS) is 13.2. The third kappa shape index (κ3) is 5.00. The highest BCUT2D eigenvalue weighted by Gasteiger charge is 2.29. The van der Waals surface area contributed by atoms with Crippen molar-refractivity contribution >= 4 is 27.3 Å². The summed E-state index contributed by atoms with van der Waals surface area (Å²) in [6.45, 7) is 8.05. The van der Waals surface area contributed by atoms with E-state index in [1.54, 1.807) is 58.1 Å². The second-order valence-corrected chi connectivity index (χ2v) is 10.4. The Balaban J connectivity index is 1.61. The fourth-order valence-corrected chi connectivity index (χ4v) is 4.86. The van der Waals surface area contributed by atoms with Gasteiger partial charge in [-0.25, -0.2) is 13.3 Å². The van der Waals surface area contributed by atoms with E-state index in [4.69, 9.17) is 12.3 Å². The van der Waals surface area contributed by atoms with Crippen LogP contribution in [0.5, 0.6) is 0 Å². The van der Waals surface area contributed by atoms with Crippen molar-refractivity contribution in [1.29, 1.82) is 0 Å². The highest BCUT2D eigenvalue weighted by atomic mass is 32.2. The van der Waals surface area contributed by atoms with Gasteiger partial charge in [-0.3, -0.25) is 14.3 Å². The number of hydrogen-bond donors (Lipinski definition) is 1. The van der Waals surface area contributed by atoms with Gasteiger partial charge in [0.05, 0.1) is 43.1 Å². The average molecular weight is 478 g/mol. The number of carbonyl (C=O) groups is 2. The SMILES string of the molecule is [C-]#[N+]c1ccc(CC(=O)N2CCn3nc(-c4cccc(CS(C)(=O)=O)c4)c(C(N)=O)c3C2)cc1. The van der Waals surface area contributed by atoms with Crippen LogP contribution in [0.4, 0.5) is 5.69 Å². The molecule has 0 saturated carbocycles. The smallest absolute Gasteiger partial charge is 0.252 e. The Hall–Kier alpha value is -3.97. The van der Waals surface area contributed by atoms with Crippen LogP contribution in [0.3, 0.4) is 0 Å². The van der Waals surface area contributed by atoms with Crippen LogP contribution in [-0.2, 0) is 39.9 Å². The third-order valence-corrected chi connectivity index (χ3v) is 6.49. The van der Waals surface area contributed by atoms with Gasteiger partial charge < -0.3 is 10.6 Å². The molecule has 4 rings (SSSR count). The number of hydrogen-bond acceptors (Lipinski definition) is 5. The van der Waals surface area contributed by atoms with E-state index in [-0.39, 0.29) is 30.2 Å². The van der Waals surface area contributed by atoms with Crippen molar-refractivity contribution in [2.75, 3.05) is 12.8 Å². The van der Waals surface area contributed by atoms with E-state index in [2.05, 4.69) is 9.94 Å². The minimum Gasteiger partial charge on any atom is -0.365 e. The van der Waals surface area contributed by atoms with E-state index in [0.29, 0.717) is 41.3 Å². The molecule has 9 nitrogen and oxygen atoms in total. The Labute approximate surface area is 197 Å². The minimum atomic E-state index is -3.23. The Morgan fingerprint density at radius 3 is 2.50 bits per heavy atom. The first kappa shape index (κ1) is 23.2. The number of rotatable bonds is 6. The van der Waals surface area contributed by atoms with Crippen molar-refractivity contribution in [2.45, 2.75) is 25.3 Å². The Bertz CT molecular complexity index is 1420. The lowest BCUT2D eigenvalue weighted by Crippen LogP contribution is -2.40. The van der Waals surface area contributed by atoms with Crippen LogP contribution in [0.15, 0.2) is 48.5 Å². The summed E-state index contributed by atoms with van der Waals surface area (Å²) < 4.78 is 25.1. The van der Waals surface area contributed by atoms with E-state index in [1.165, 1.54) is 0 Å². The van der Waals surface area contributed by atoms with Gasteiger partial charge >= 0.3 is 0 Å². The number of carbonyl (C=O) groups excluding carboxylic acids is 2. The quantitative estimate of drug-likeness (QED) is 0.547. The molecule has 0 bridgehead atoms. The van der Waals surface area contributed by atoms with Crippen molar-refractivity contribution in [2.24, 2.45) is 5.73 Å². The highest BCUT2D eigenvalue weighted by molar-refractivity contribution is 7.89. The Morgan fingerprint density at radius 2 is 1.85 bits per heavy atom. The lowest BCUT2D eigenvalue weighted by atomic mass is 10.0. The van der Waals surface area contributed by atoms with Gasteiger partial charge in [-0.2, -0.15) is 5.10 Å². The van der Waals surface area contributed by atoms with Crippen LogP contribution in [0.1, 0.15) is 27.2 Å². The number of benzene rings is 2. The summed E-state index contributed by atoms with van der Waals surface area (Å²) in [5.41, 5.74) is 9.37. The number of nitrogens with zero attached hydrogens (tertiary/aromatic N) is 4. The van der Waals surface area contributed by atoms with E-state index in [9.17, 15) is 18.0 Å². The number of aromatic nitrogens is 2. The molecule has 0 saturated heterocycles. The maximum atomic E-state index is 12.9. The third-order valence-electron chi connectivity index (χ3n) is 5.63. The molecule has 0 radical (unpaired) electrons. The number of sulfone groups is 1. The van der Waals surface area contributed by atoms with E-state index < -0.39 is 15.7 Å². The van der Waals surface area contributed by atoms with Gasteiger partial charge in [0.2, 0.25) is 5.91 Å². The molecule has 2 amide bonds. The average Bonchev–Trinajstić information content (AvgIpc) is 3.18. The van der Waals surface area contributed by atoms with Gasteiger partial charge in [-0.05, 0) is 17.2 Å². The summed E-state index contributed by atoms with van der Waals surface area (Å²) in [6.07, 6.45) is 1.34. The lowest BCUT2D eigenvalue weighted by Gasteiger charge is -2.28. The van der Waals surface area contributed by atoms with Crippen LogP contribution in [0.25, 0.3) is 16.1 Å². The van der Waals surface area contributed by atoms with Crippen LogP contribution in [-0.4, -0.2) is 47.7 Å².